The number of benzene rings is 3. The van der Waals surface area contributed by atoms with Gasteiger partial charge in [0.2, 0.25) is 0 Å². The highest BCUT2D eigenvalue weighted by molar-refractivity contribution is 6.12. The molecule has 0 spiro atoms. The Balaban J connectivity index is 1.83. The number of aryl methyl sites for hydroxylation is 1. The van der Waals surface area contributed by atoms with E-state index < -0.39 is 10.8 Å². The molecule has 0 fully saturated rings. The number of carbonyl (C=O) groups is 2. The molecule has 0 aromatic heterocycles. The maximum atomic E-state index is 12.8. The number of hydrogen-bond donors (Lipinski definition) is 2. The molecule has 0 aliphatic carbocycles. The maximum Gasteiger partial charge on any atom is 0.270 e. The lowest BCUT2D eigenvalue weighted by molar-refractivity contribution is -0.384. The van der Waals surface area contributed by atoms with Crippen molar-refractivity contribution in [3.63, 3.8) is 0 Å². The van der Waals surface area contributed by atoms with Crippen molar-refractivity contribution < 1.29 is 14.5 Å². The van der Waals surface area contributed by atoms with Crippen LogP contribution >= 0.6 is 0 Å². The predicted octanol–water partition coefficient (Wildman–Crippen LogP) is 4.66. The Hall–Kier alpha value is -4.00. The molecule has 2 amide bonds. The van der Waals surface area contributed by atoms with Crippen LogP contribution < -0.4 is 10.6 Å². The summed E-state index contributed by atoms with van der Waals surface area (Å²) in [4.78, 5) is 35.7. The third-order valence-electron chi connectivity index (χ3n) is 4.39. The van der Waals surface area contributed by atoms with Crippen molar-refractivity contribution in [1.82, 2.24) is 0 Å². The normalized spacial score (nSPS) is 10.2. The van der Waals surface area contributed by atoms with Crippen molar-refractivity contribution in [1.29, 1.82) is 0 Å². The Labute approximate surface area is 167 Å². The van der Waals surface area contributed by atoms with E-state index in [0.717, 1.165) is 12.0 Å². The molecule has 0 saturated heterocycles. The second kappa shape index (κ2) is 8.79. The zero-order valence-electron chi connectivity index (χ0n) is 15.7. The summed E-state index contributed by atoms with van der Waals surface area (Å²) in [6.45, 7) is 2.00. The lowest BCUT2D eigenvalue weighted by atomic mass is 10.1. The summed E-state index contributed by atoms with van der Waals surface area (Å²) in [5, 5.41) is 16.5. The number of hydrogen-bond acceptors (Lipinski definition) is 4. The van der Waals surface area contributed by atoms with E-state index in [1.807, 2.05) is 31.2 Å². The van der Waals surface area contributed by atoms with Gasteiger partial charge in [0.1, 0.15) is 0 Å². The van der Waals surface area contributed by atoms with Gasteiger partial charge in [0.05, 0.1) is 16.2 Å². The maximum absolute atomic E-state index is 12.8. The molecule has 0 heterocycles. The van der Waals surface area contributed by atoms with Gasteiger partial charge in [0.25, 0.3) is 17.5 Å². The Morgan fingerprint density at radius 2 is 1.52 bits per heavy atom. The van der Waals surface area contributed by atoms with E-state index in [0.29, 0.717) is 11.4 Å². The average Bonchev–Trinajstić information content (AvgIpc) is 2.74. The fourth-order valence-corrected chi connectivity index (χ4v) is 2.89. The van der Waals surface area contributed by atoms with Crippen molar-refractivity contribution >= 4 is 28.9 Å². The summed E-state index contributed by atoms with van der Waals surface area (Å²) >= 11 is 0. The fourth-order valence-electron chi connectivity index (χ4n) is 2.89. The van der Waals surface area contributed by atoms with Crippen LogP contribution in [0.2, 0.25) is 0 Å². The molecule has 0 atom stereocenters. The third kappa shape index (κ3) is 4.65. The summed E-state index contributed by atoms with van der Waals surface area (Å²) in [5.74, 6) is -0.899. The minimum atomic E-state index is -0.566. The highest BCUT2D eigenvalue weighted by Crippen LogP contribution is 2.21. The first-order valence-corrected chi connectivity index (χ1v) is 9.03. The van der Waals surface area contributed by atoms with Gasteiger partial charge in [-0.15, -0.1) is 0 Å². The number of nitrogens with zero attached hydrogens (tertiary/aromatic N) is 1. The lowest BCUT2D eigenvalue weighted by Crippen LogP contribution is -2.18. The Bertz CT molecular complexity index is 1080. The molecule has 7 heteroatoms. The number of para-hydroxylation sites is 2. The molecule has 3 aromatic rings. The first-order valence-electron chi connectivity index (χ1n) is 9.03. The van der Waals surface area contributed by atoms with E-state index >= 15 is 0 Å². The van der Waals surface area contributed by atoms with Crippen molar-refractivity contribution in [2.45, 2.75) is 13.3 Å². The average molecular weight is 389 g/mol. The smallest absolute Gasteiger partial charge is 0.270 e. The predicted molar refractivity (Wildman–Crippen MR) is 111 cm³/mol. The number of non-ortho nitro benzene ring substituents is 1. The number of nitrogens with one attached hydrogen (secondary N) is 2. The van der Waals surface area contributed by atoms with Gasteiger partial charge in [-0.3, -0.25) is 19.7 Å². The molecule has 3 aromatic carbocycles. The van der Waals surface area contributed by atoms with Crippen molar-refractivity contribution in [2.75, 3.05) is 10.6 Å². The Morgan fingerprint density at radius 1 is 0.862 bits per heavy atom. The fraction of sp³-hybridized carbons (Fsp3) is 0.0909. The number of amides is 2. The highest BCUT2D eigenvalue weighted by atomic mass is 16.6. The summed E-state index contributed by atoms with van der Waals surface area (Å²) in [7, 11) is 0. The van der Waals surface area contributed by atoms with Crippen LogP contribution in [0.25, 0.3) is 0 Å². The second-order valence-electron chi connectivity index (χ2n) is 6.27. The van der Waals surface area contributed by atoms with Gasteiger partial charge in [-0.25, -0.2) is 0 Å². The van der Waals surface area contributed by atoms with Crippen LogP contribution in [0.5, 0.6) is 0 Å². The summed E-state index contributed by atoms with van der Waals surface area (Å²) in [6.07, 6.45) is 0.765. The SMILES string of the molecule is CCc1ccccc1NC(=O)c1ccccc1NC(=O)c1cccc([N+](=O)[O-])c1. The van der Waals surface area contributed by atoms with Gasteiger partial charge in [-0.1, -0.05) is 43.3 Å². The molecule has 0 bridgehead atoms. The topological polar surface area (TPSA) is 101 Å². The van der Waals surface area contributed by atoms with Crippen LogP contribution in [0, 0.1) is 10.1 Å². The van der Waals surface area contributed by atoms with Crippen LogP contribution in [-0.4, -0.2) is 16.7 Å². The first-order chi connectivity index (χ1) is 14.0. The Kier molecular flexibility index (Phi) is 5.99. The molecule has 0 radical (unpaired) electrons. The minimum Gasteiger partial charge on any atom is -0.322 e. The number of nitro benzene ring substituents is 1. The van der Waals surface area contributed by atoms with Crippen LogP contribution in [0.4, 0.5) is 17.1 Å². The molecular weight excluding hydrogens is 370 g/mol. The van der Waals surface area contributed by atoms with E-state index in [1.54, 1.807) is 24.3 Å². The minimum absolute atomic E-state index is 0.130. The van der Waals surface area contributed by atoms with Gasteiger partial charge >= 0.3 is 0 Å². The molecule has 0 unspecified atom stereocenters. The molecule has 0 saturated carbocycles. The molecule has 7 nitrogen and oxygen atoms in total. The molecule has 3 rings (SSSR count). The number of rotatable bonds is 6. The van der Waals surface area contributed by atoms with Crippen molar-refractivity contribution in [3.8, 4) is 0 Å². The largest absolute Gasteiger partial charge is 0.322 e. The molecule has 29 heavy (non-hydrogen) atoms. The Morgan fingerprint density at radius 3 is 2.24 bits per heavy atom. The number of nitro groups is 1. The third-order valence-corrected chi connectivity index (χ3v) is 4.39. The quantitative estimate of drug-likeness (QED) is 0.473. The van der Waals surface area contributed by atoms with E-state index in [4.69, 9.17) is 0 Å². The molecule has 0 aliphatic heterocycles. The van der Waals surface area contributed by atoms with E-state index in [-0.39, 0.29) is 22.7 Å². The standard InChI is InChI=1S/C22H19N3O4/c1-2-15-8-3-5-12-19(15)23-22(27)18-11-4-6-13-20(18)24-21(26)16-9-7-10-17(14-16)25(28)29/h3-14H,2H2,1H3,(H,23,27)(H,24,26). The molecular formula is C22H19N3O4. The van der Waals surface area contributed by atoms with Crippen molar-refractivity contribution in [2.24, 2.45) is 0 Å². The zero-order chi connectivity index (χ0) is 20.8. The molecule has 146 valence electrons. The summed E-state index contributed by atoms with van der Waals surface area (Å²) in [6, 6.07) is 19.5. The van der Waals surface area contributed by atoms with Crippen LogP contribution in [0.15, 0.2) is 72.8 Å². The van der Waals surface area contributed by atoms with Crippen molar-refractivity contribution in [3.05, 3.63) is 99.6 Å². The van der Waals surface area contributed by atoms with E-state index in [9.17, 15) is 19.7 Å². The van der Waals surface area contributed by atoms with Gasteiger partial charge in [0.15, 0.2) is 0 Å². The molecule has 0 aliphatic rings. The summed E-state index contributed by atoms with van der Waals surface area (Å²) < 4.78 is 0. The van der Waals surface area contributed by atoms with E-state index in [1.165, 1.54) is 24.3 Å². The van der Waals surface area contributed by atoms with Crippen LogP contribution in [0.1, 0.15) is 33.2 Å². The van der Waals surface area contributed by atoms with Crippen LogP contribution in [-0.2, 0) is 6.42 Å². The van der Waals surface area contributed by atoms with Gasteiger partial charge in [0, 0.05) is 23.4 Å². The molecule has 2 N–H and O–H groups in total. The lowest BCUT2D eigenvalue weighted by Gasteiger charge is -2.13. The van der Waals surface area contributed by atoms with Gasteiger partial charge in [-0.05, 0) is 36.2 Å². The first kappa shape index (κ1) is 19.8. The number of carbonyl (C=O) groups excluding carboxylic acids is 2. The monoisotopic (exact) mass is 389 g/mol. The van der Waals surface area contributed by atoms with Gasteiger partial charge in [-0.2, -0.15) is 0 Å². The summed E-state index contributed by atoms with van der Waals surface area (Å²) in [5.41, 5.74) is 2.26. The van der Waals surface area contributed by atoms with E-state index in [2.05, 4.69) is 10.6 Å². The zero-order valence-corrected chi connectivity index (χ0v) is 15.7. The van der Waals surface area contributed by atoms with Gasteiger partial charge < -0.3 is 10.6 Å². The number of anilines is 2. The second-order valence-corrected chi connectivity index (χ2v) is 6.27. The highest BCUT2D eigenvalue weighted by Gasteiger charge is 2.16. The van der Waals surface area contributed by atoms with Crippen LogP contribution in [0.3, 0.4) is 0 Å².